The first-order valence-electron chi connectivity index (χ1n) is 11.5. The van der Waals surface area contributed by atoms with E-state index in [1.165, 1.54) is 20.3 Å². The molecule has 0 spiro atoms. The average molecular weight is 489 g/mol. The second-order valence-corrected chi connectivity index (χ2v) is 7.45. The molecule has 2 aromatic rings. The third-order valence-corrected chi connectivity index (χ3v) is 5.24. The summed E-state index contributed by atoms with van der Waals surface area (Å²) in [7, 11) is 2.89. The van der Waals surface area contributed by atoms with Crippen molar-refractivity contribution in [2.75, 3.05) is 70.6 Å². The standard InChI is InChI=1S/C25H32N2O8/c1-5-33-21-15-19(27-10-12-32-13-11-27)22(34-6-2)14-18(21)26-23(28)16-35-25(29)17-8-7-9-20(30-3)24(17)31-4/h7-9,14-15H,5-6,10-13,16H2,1-4H3,(H,26,28). The number of methoxy groups -OCH3 is 2. The van der Waals surface area contributed by atoms with E-state index in [4.69, 9.17) is 28.4 Å². The maximum atomic E-state index is 12.7. The van der Waals surface area contributed by atoms with Gasteiger partial charge in [-0.2, -0.15) is 0 Å². The van der Waals surface area contributed by atoms with E-state index in [2.05, 4.69) is 10.2 Å². The van der Waals surface area contributed by atoms with Gasteiger partial charge in [0.1, 0.15) is 17.1 Å². The molecular weight excluding hydrogens is 456 g/mol. The predicted octanol–water partition coefficient (Wildman–Crippen LogP) is 3.13. The van der Waals surface area contributed by atoms with Crippen molar-refractivity contribution < 1.29 is 38.0 Å². The highest BCUT2D eigenvalue weighted by atomic mass is 16.5. The average Bonchev–Trinajstić information content (AvgIpc) is 2.88. The number of hydrogen-bond acceptors (Lipinski definition) is 9. The van der Waals surface area contributed by atoms with E-state index < -0.39 is 18.5 Å². The highest BCUT2D eigenvalue weighted by Gasteiger charge is 2.22. The smallest absolute Gasteiger partial charge is 0.342 e. The summed E-state index contributed by atoms with van der Waals surface area (Å²) in [4.78, 5) is 27.4. The molecule has 1 amide bonds. The van der Waals surface area contributed by atoms with E-state index in [0.717, 1.165) is 18.8 Å². The van der Waals surface area contributed by atoms with Gasteiger partial charge in [0.25, 0.3) is 5.91 Å². The molecule has 10 heteroatoms. The highest BCUT2D eigenvalue weighted by molar-refractivity contribution is 5.98. The van der Waals surface area contributed by atoms with Gasteiger partial charge in [0, 0.05) is 25.2 Å². The zero-order valence-electron chi connectivity index (χ0n) is 20.5. The monoisotopic (exact) mass is 488 g/mol. The second kappa shape index (κ2) is 12.7. The quantitative estimate of drug-likeness (QED) is 0.478. The number of ether oxygens (including phenoxy) is 6. The van der Waals surface area contributed by atoms with Crippen LogP contribution in [-0.4, -0.2) is 72.2 Å². The summed E-state index contributed by atoms with van der Waals surface area (Å²) in [6, 6.07) is 8.41. The van der Waals surface area contributed by atoms with Gasteiger partial charge in [-0.05, 0) is 26.0 Å². The van der Waals surface area contributed by atoms with Crippen molar-refractivity contribution in [3.8, 4) is 23.0 Å². The van der Waals surface area contributed by atoms with Crippen molar-refractivity contribution in [3.05, 3.63) is 35.9 Å². The van der Waals surface area contributed by atoms with Gasteiger partial charge >= 0.3 is 5.97 Å². The van der Waals surface area contributed by atoms with E-state index in [1.54, 1.807) is 18.2 Å². The lowest BCUT2D eigenvalue weighted by Crippen LogP contribution is -2.36. The number of carbonyl (C=O) groups is 2. The minimum Gasteiger partial charge on any atom is -0.493 e. The zero-order chi connectivity index (χ0) is 25.2. The molecule has 1 fully saturated rings. The van der Waals surface area contributed by atoms with Gasteiger partial charge in [-0.25, -0.2) is 4.79 Å². The Kier molecular flexibility index (Phi) is 9.42. The van der Waals surface area contributed by atoms with Gasteiger partial charge in [0.2, 0.25) is 0 Å². The molecule has 2 aromatic carbocycles. The number of morpholine rings is 1. The molecule has 0 aromatic heterocycles. The van der Waals surface area contributed by atoms with Crippen LogP contribution in [0.1, 0.15) is 24.2 Å². The largest absolute Gasteiger partial charge is 0.493 e. The van der Waals surface area contributed by atoms with E-state index >= 15 is 0 Å². The summed E-state index contributed by atoms with van der Waals surface area (Å²) < 4.78 is 32.8. The van der Waals surface area contributed by atoms with Crippen molar-refractivity contribution in [2.24, 2.45) is 0 Å². The normalized spacial score (nSPS) is 13.1. The van der Waals surface area contributed by atoms with E-state index in [1.807, 2.05) is 19.9 Å². The first-order valence-corrected chi connectivity index (χ1v) is 11.5. The van der Waals surface area contributed by atoms with Gasteiger partial charge in [-0.15, -0.1) is 0 Å². The van der Waals surface area contributed by atoms with Crippen molar-refractivity contribution in [2.45, 2.75) is 13.8 Å². The summed E-state index contributed by atoms with van der Waals surface area (Å²) in [5.74, 6) is 0.495. The topological polar surface area (TPSA) is 105 Å². The molecule has 10 nitrogen and oxygen atoms in total. The molecule has 0 unspecified atom stereocenters. The SMILES string of the molecule is CCOc1cc(N2CCOCC2)c(OCC)cc1NC(=O)COC(=O)c1cccc(OC)c1OC. The first-order chi connectivity index (χ1) is 17.0. The van der Waals surface area contributed by atoms with E-state index in [-0.39, 0.29) is 11.3 Å². The minimum atomic E-state index is -0.710. The van der Waals surface area contributed by atoms with Gasteiger partial charge in [0.15, 0.2) is 18.1 Å². The number of para-hydroxylation sites is 1. The number of esters is 1. The lowest BCUT2D eigenvalue weighted by molar-refractivity contribution is -0.119. The maximum Gasteiger partial charge on any atom is 0.342 e. The molecule has 3 rings (SSSR count). The Hall–Kier alpha value is -3.66. The number of carbonyl (C=O) groups excluding carboxylic acids is 2. The van der Waals surface area contributed by atoms with Crippen LogP contribution in [0.2, 0.25) is 0 Å². The Morgan fingerprint density at radius 1 is 0.971 bits per heavy atom. The van der Waals surface area contributed by atoms with Crippen LogP contribution in [-0.2, 0) is 14.3 Å². The van der Waals surface area contributed by atoms with Crippen LogP contribution in [0.25, 0.3) is 0 Å². The van der Waals surface area contributed by atoms with Crippen LogP contribution in [0, 0.1) is 0 Å². The van der Waals surface area contributed by atoms with E-state index in [9.17, 15) is 9.59 Å². The first kappa shape index (κ1) is 26.0. The number of hydrogen-bond donors (Lipinski definition) is 1. The van der Waals surface area contributed by atoms with Crippen LogP contribution in [0.15, 0.2) is 30.3 Å². The Morgan fingerprint density at radius 2 is 1.69 bits per heavy atom. The molecule has 1 saturated heterocycles. The number of anilines is 2. The second-order valence-electron chi connectivity index (χ2n) is 7.45. The van der Waals surface area contributed by atoms with Gasteiger partial charge < -0.3 is 38.6 Å². The minimum absolute atomic E-state index is 0.156. The molecule has 1 heterocycles. The lowest BCUT2D eigenvalue weighted by Gasteiger charge is -2.31. The Labute approximate surface area is 205 Å². The van der Waals surface area contributed by atoms with Gasteiger partial charge in [0.05, 0.1) is 52.0 Å². The van der Waals surface area contributed by atoms with Crippen molar-refractivity contribution >= 4 is 23.3 Å². The summed E-state index contributed by atoms with van der Waals surface area (Å²) in [5, 5.41) is 2.76. The number of amides is 1. The Bertz CT molecular complexity index is 1020. The van der Waals surface area contributed by atoms with Crippen molar-refractivity contribution in [3.63, 3.8) is 0 Å². The van der Waals surface area contributed by atoms with Crippen LogP contribution in [0.4, 0.5) is 11.4 Å². The van der Waals surface area contributed by atoms with Gasteiger partial charge in [-0.1, -0.05) is 6.07 Å². The molecule has 1 N–H and O–H groups in total. The predicted molar refractivity (Wildman–Crippen MR) is 130 cm³/mol. The molecule has 190 valence electrons. The van der Waals surface area contributed by atoms with Crippen molar-refractivity contribution in [1.29, 1.82) is 0 Å². The Morgan fingerprint density at radius 3 is 2.34 bits per heavy atom. The fourth-order valence-electron chi connectivity index (χ4n) is 3.69. The van der Waals surface area contributed by atoms with Gasteiger partial charge in [-0.3, -0.25) is 4.79 Å². The van der Waals surface area contributed by atoms with Crippen LogP contribution in [0.5, 0.6) is 23.0 Å². The molecule has 0 aliphatic carbocycles. The molecule has 1 aliphatic heterocycles. The zero-order valence-corrected chi connectivity index (χ0v) is 20.5. The molecule has 0 saturated carbocycles. The lowest BCUT2D eigenvalue weighted by atomic mass is 10.2. The van der Waals surface area contributed by atoms with Crippen molar-refractivity contribution in [1.82, 2.24) is 0 Å². The number of nitrogens with zero attached hydrogens (tertiary/aromatic N) is 1. The summed E-state index contributed by atoms with van der Waals surface area (Å²) >= 11 is 0. The molecule has 1 aliphatic rings. The third kappa shape index (κ3) is 6.48. The Balaban J connectivity index is 1.75. The fourth-order valence-corrected chi connectivity index (χ4v) is 3.69. The number of benzene rings is 2. The van der Waals surface area contributed by atoms with E-state index in [0.29, 0.717) is 49.4 Å². The highest BCUT2D eigenvalue weighted by Crippen LogP contribution is 2.39. The summed E-state index contributed by atoms with van der Waals surface area (Å²) in [6.07, 6.45) is 0. The molecule has 0 atom stereocenters. The molecule has 0 bridgehead atoms. The maximum absolute atomic E-state index is 12.7. The molecule has 35 heavy (non-hydrogen) atoms. The number of rotatable bonds is 11. The molecule has 0 radical (unpaired) electrons. The third-order valence-electron chi connectivity index (χ3n) is 5.24. The number of nitrogens with one attached hydrogen (secondary N) is 1. The van der Waals surface area contributed by atoms with Crippen LogP contribution >= 0.6 is 0 Å². The fraction of sp³-hybridized carbons (Fsp3) is 0.440. The molecular formula is C25H32N2O8. The summed E-state index contributed by atoms with van der Waals surface area (Å²) in [5.41, 5.74) is 1.45. The van der Waals surface area contributed by atoms with Crippen LogP contribution < -0.4 is 29.2 Å². The summed E-state index contributed by atoms with van der Waals surface area (Å²) in [6.45, 7) is 6.81. The van der Waals surface area contributed by atoms with Crippen LogP contribution in [0.3, 0.4) is 0 Å².